The number of likely N-dealkylation sites (N-methyl/N-ethyl adjacent to an activating group) is 1. The monoisotopic (exact) mass is 241 g/mol. The fraction of sp³-hybridized carbons (Fsp3) is 0.667. The summed E-state index contributed by atoms with van der Waals surface area (Å²) in [5.41, 5.74) is 6.73. The van der Waals surface area contributed by atoms with E-state index in [1.54, 1.807) is 11.3 Å². The second-order valence-corrected chi connectivity index (χ2v) is 4.91. The lowest BCUT2D eigenvalue weighted by Crippen LogP contribution is -2.32. The highest BCUT2D eigenvalue weighted by atomic mass is 32.1. The first-order chi connectivity index (χ1) is 7.77. The first-order valence-corrected chi connectivity index (χ1v) is 6.90. The summed E-state index contributed by atoms with van der Waals surface area (Å²) in [5, 5.41) is 5.48. The molecule has 1 aromatic rings. The van der Waals surface area contributed by atoms with Crippen LogP contribution in [-0.4, -0.2) is 31.1 Å². The zero-order valence-electron chi connectivity index (χ0n) is 10.3. The number of nitrogens with one attached hydrogen (secondary N) is 1. The average Bonchev–Trinajstić information content (AvgIpc) is 2.69. The normalized spacial score (nSPS) is 11.2. The van der Waals surface area contributed by atoms with Crippen LogP contribution in [0, 0.1) is 0 Å². The molecule has 0 fully saturated rings. The number of thiophene rings is 1. The van der Waals surface area contributed by atoms with Gasteiger partial charge in [-0.25, -0.2) is 0 Å². The van der Waals surface area contributed by atoms with Crippen LogP contribution in [0.3, 0.4) is 0 Å². The smallest absolute Gasteiger partial charge is 0.0468 e. The Bertz CT molecular complexity index is 286. The molecule has 0 unspecified atom stereocenters. The third-order valence-electron chi connectivity index (χ3n) is 2.66. The van der Waals surface area contributed by atoms with Crippen molar-refractivity contribution >= 4 is 17.0 Å². The molecule has 0 bridgehead atoms. The molecule has 0 aliphatic carbocycles. The van der Waals surface area contributed by atoms with Gasteiger partial charge in [-0.15, -0.1) is 11.3 Å². The highest BCUT2D eigenvalue weighted by Gasteiger charge is 2.01. The summed E-state index contributed by atoms with van der Waals surface area (Å²) in [4.78, 5) is 3.71. The lowest BCUT2D eigenvalue weighted by Gasteiger charge is -2.19. The van der Waals surface area contributed by atoms with Crippen molar-refractivity contribution in [3.63, 3.8) is 0 Å². The number of nitrogen functional groups attached to an aromatic ring is 1. The maximum atomic E-state index is 5.82. The first-order valence-electron chi connectivity index (χ1n) is 6.02. The highest BCUT2D eigenvalue weighted by Crippen LogP contribution is 2.17. The molecule has 4 heteroatoms. The minimum atomic E-state index is 0.896. The van der Waals surface area contributed by atoms with Gasteiger partial charge in [0.05, 0.1) is 0 Å². The Morgan fingerprint density at radius 3 is 2.75 bits per heavy atom. The summed E-state index contributed by atoms with van der Waals surface area (Å²) < 4.78 is 0. The molecular formula is C12H23N3S. The standard InChI is InChI=1S/C12H23N3S/c1-3-7-15(4-2)8-6-14-10-12-11(13)5-9-16-12/h5,9,14H,3-4,6-8,10,13H2,1-2H3. The molecule has 16 heavy (non-hydrogen) atoms. The van der Waals surface area contributed by atoms with E-state index in [2.05, 4.69) is 24.1 Å². The molecule has 1 rings (SSSR count). The van der Waals surface area contributed by atoms with Gasteiger partial charge < -0.3 is 16.0 Å². The lowest BCUT2D eigenvalue weighted by atomic mass is 10.3. The van der Waals surface area contributed by atoms with Gasteiger partial charge in [0, 0.05) is 30.2 Å². The van der Waals surface area contributed by atoms with Crippen LogP contribution in [0.25, 0.3) is 0 Å². The van der Waals surface area contributed by atoms with Crippen LogP contribution < -0.4 is 11.1 Å². The maximum Gasteiger partial charge on any atom is 0.0468 e. The van der Waals surface area contributed by atoms with Crippen LogP contribution in [0.4, 0.5) is 5.69 Å². The summed E-state index contributed by atoms with van der Waals surface area (Å²) in [5.74, 6) is 0. The minimum absolute atomic E-state index is 0.896. The Balaban J connectivity index is 2.14. The van der Waals surface area contributed by atoms with Crippen molar-refractivity contribution in [3.8, 4) is 0 Å². The molecule has 0 amide bonds. The minimum Gasteiger partial charge on any atom is -0.398 e. The van der Waals surface area contributed by atoms with Crippen LogP contribution in [0.1, 0.15) is 25.1 Å². The summed E-state index contributed by atoms with van der Waals surface area (Å²) in [6.07, 6.45) is 1.23. The van der Waals surface area contributed by atoms with Crippen molar-refractivity contribution in [1.29, 1.82) is 0 Å². The van der Waals surface area contributed by atoms with Gasteiger partial charge in [0.1, 0.15) is 0 Å². The third-order valence-corrected chi connectivity index (χ3v) is 3.59. The zero-order chi connectivity index (χ0) is 11.8. The molecule has 0 atom stereocenters. The predicted octanol–water partition coefficient (Wildman–Crippen LogP) is 2.15. The average molecular weight is 241 g/mol. The van der Waals surface area contributed by atoms with Crippen LogP contribution in [0.2, 0.25) is 0 Å². The Morgan fingerprint density at radius 1 is 1.38 bits per heavy atom. The largest absolute Gasteiger partial charge is 0.398 e. The van der Waals surface area contributed by atoms with Gasteiger partial charge in [-0.05, 0) is 31.0 Å². The van der Waals surface area contributed by atoms with Gasteiger partial charge >= 0.3 is 0 Å². The Labute approximate surface area is 103 Å². The molecule has 0 radical (unpaired) electrons. The van der Waals surface area contributed by atoms with Crippen molar-refractivity contribution in [2.24, 2.45) is 0 Å². The van der Waals surface area contributed by atoms with E-state index in [0.29, 0.717) is 0 Å². The molecule has 0 spiro atoms. The number of nitrogens with zero attached hydrogens (tertiary/aromatic N) is 1. The lowest BCUT2D eigenvalue weighted by molar-refractivity contribution is 0.287. The molecule has 3 N–H and O–H groups in total. The molecule has 1 aromatic heterocycles. The van der Waals surface area contributed by atoms with E-state index in [4.69, 9.17) is 5.73 Å². The van der Waals surface area contributed by atoms with E-state index < -0.39 is 0 Å². The molecule has 0 aliphatic rings. The molecule has 1 heterocycles. The number of nitrogens with two attached hydrogens (primary N) is 1. The SMILES string of the molecule is CCCN(CC)CCNCc1sccc1N. The Morgan fingerprint density at radius 2 is 2.19 bits per heavy atom. The molecular weight excluding hydrogens is 218 g/mol. The summed E-state index contributed by atoms with van der Waals surface area (Å²) in [6.45, 7) is 9.82. The van der Waals surface area contributed by atoms with E-state index in [1.165, 1.54) is 17.8 Å². The quantitative estimate of drug-likeness (QED) is 0.685. The second-order valence-electron chi connectivity index (χ2n) is 3.91. The molecule has 0 aromatic carbocycles. The molecule has 0 saturated heterocycles. The third kappa shape index (κ3) is 4.51. The fourth-order valence-electron chi connectivity index (χ4n) is 1.68. The van der Waals surface area contributed by atoms with Gasteiger partial charge in [-0.1, -0.05) is 13.8 Å². The van der Waals surface area contributed by atoms with E-state index in [9.17, 15) is 0 Å². The van der Waals surface area contributed by atoms with Crippen molar-refractivity contribution in [3.05, 3.63) is 16.3 Å². The van der Waals surface area contributed by atoms with Crippen LogP contribution in [0.15, 0.2) is 11.4 Å². The number of anilines is 1. The predicted molar refractivity (Wildman–Crippen MR) is 72.8 cm³/mol. The van der Waals surface area contributed by atoms with E-state index in [-0.39, 0.29) is 0 Å². The fourth-order valence-corrected chi connectivity index (χ4v) is 2.45. The van der Waals surface area contributed by atoms with Crippen molar-refractivity contribution in [2.45, 2.75) is 26.8 Å². The Kier molecular flexibility index (Phi) is 6.45. The Hall–Kier alpha value is -0.580. The van der Waals surface area contributed by atoms with Crippen molar-refractivity contribution in [1.82, 2.24) is 10.2 Å². The highest BCUT2D eigenvalue weighted by molar-refractivity contribution is 7.10. The zero-order valence-corrected chi connectivity index (χ0v) is 11.1. The van der Waals surface area contributed by atoms with Crippen LogP contribution >= 0.6 is 11.3 Å². The summed E-state index contributed by atoms with van der Waals surface area (Å²) in [6, 6.07) is 1.97. The number of hydrogen-bond acceptors (Lipinski definition) is 4. The van der Waals surface area contributed by atoms with Crippen molar-refractivity contribution < 1.29 is 0 Å². The van der Waals surface area contributed by atoms with Gasteiger partial charge in [0.25, 0.3) is 0 Å². The van der Waals surface area contributed by atoms with Crippen molar-refractivity contribution in [2.75, 3.05) is 31.9 Å². The van der Waals surface area contributed by atoms with E-state index in [1.807, 2.05) is 11.4 Å². The van der Waals surface area contributed by atoms with Gasteiger partial charge in [-0.3, -0.25) is 0 Å². The maximum absolute atomic E-state index is 5.82. The van der Waals surface area contributed by atoms with Crippen LogP contribution in [0.5, 0.6) is 0 Å². The number of hydrogen-bond donors (Lipinski definition) is 2. The van der Waals surface area contributed by atoms with Crippen LogP contribution in [-0.2, 0) is 6.54 Å². The summed E-state index contributed by atoms with van der Waals surface area (Å²) >= 11 is 1.72. The topological polar surface area (TPSA) is 41.3 Å². The van der Waals surface area contributed by atoms with Gasteiger partial charge in [-0.2, -0.15) is 0 Å². The molecule has 0 saturated carbocycles. The molecule has 0 aliphatic heterocycles. The number of rotatable bonds is 8. The second kappa shape index (κ2) is 7.65. The summed E-state index contributed by atoms with van der Waals surface area (Å²) in [7, 11) is 0. The molecule has 92 valence electrons. The molecule has 3 nitrogen and oxygen atoms in total. The van der Waals surface area contributed by atoms with E-state index >= 15 is 0 Å². The van der Waals surface area contributed by atoms with Gasteiger partial charge in [0.15, 0.2) is 0 Å². The first kappa shape index (κ1) is 13.5. The van der Waals surface area contributed by atoms with E-state index in [0.717, 1.165) is 31.9 Å². The van der Waals surface area contributed by atoms with Gasteiger partial charge in [0.2, 0.25) is 0 Å².